The molecule has 2 saturated heterocycles. The third kappa shape index (κ3) is 5.90. The third-order valence-corrected chi connectivity index (χ3v) is 5.15. The molecule has 0 atom stereocenters. The number of piperidine rings is 1. The molecule has 6 nitrogen and oxygen atoms in total. The van der Waals surface area contributed by atoms with Gasteiger partial charge < -0.3 is 20.4 Å². The van der Waals surface area contributed by atoms with E-state index >= 15 is 0 Å². The fourth-order valence-corrected chi connectivity index (χ4v) is 3.28. The van der Waals surface area contributed by atoms with Crippen molar-refractivity contribution in [3.63, 3.8) is 0 Å². The maximum Gasteiger partial charge on any atom is 0.228 e. The van der Waals surface area contributed by atoms with Crippen molar-refractivity contribution in [1.29, 1.82) is 0 Å². The van der Waals surface area contributed by atoms with Crippen molar-refractivity contribution in [2.24, 2.45) is 11.8 Å². The van der Waals surface area contributed by atoms with Crippen LogP contribution in [-0.2, 0) is 9.59 Å². The van der Waals surface area contributed by atoms with Crippen molar-refractivity contribution in [1.82, 2.24) is 20.4 Å². The highest BCUT2D eigenvalue weighted by molar-refractivity contribution is 5.85. The van der Waals surface area contributed by atoms with E-state index in [1.807, 2.05) is 4.90 Å². The van der Waals surface area contributed by atoms with Crippen molar-refractivity contribution >= 4 is 24.2 Å². The fourth-order valence-electron chi connectivity index (χ4n) is 3.28. The molecule has 24 heavy (non-hydrogen) atoms. The normalized spacial score (nSPS) is 18.9. The summed E-state index contributed by atoms with van der Waals surface area (Å²) in [6, 6.07) is 0. The number of nitrogens with zero attached hydrogens (tertiary/aromatic N) is 2. The van der Waals surface area contributed by atoms with Crippen LogP contribution in [0.4, 0.5) is 0 Å². The molecule has 7 heteroatoms. The standard InChI is InChI=1S/C17H32N4O2.ClH/c1-3-20(4-2)9-5-8-19-16(22)14-6-10-21(11-7-14)17(23)15-12-18-13-15;/h14-15,18H,3-13H2,1-2H3,(H,19,22);1H. The van der Waals surface area contributed by atoms with E-state index in [4.69, 9.17) is 0 Å². The first-order chi connectivity index (χ1) is 11.2. The zero-order chi connectivity index (χ0) is 16.7. The largest absolute Gasteiger partial charge is 0.356 e. The molecule has 0 aromatic rings. The monoisotopic (exact) mass is 360 g/mol. The quantitative estimate of drug-likeness (QED) is 0.626. The molecule has 0 aromatic carbocycles. The van der Waals surface area contributed by atoms with Crippen LogP contribution < -0.4 is 10.6 Å². The van der Waals surface area contributed by atoms with Crippen LogP contribution in [-0.4, -0.2) is 74.0 Å². The van der Waals surface area contributed by atoms with Gasteiger partial charge in [0, 0.05) is 38.6 Å². The minimum Gasteiger partial charge on any atom is -0.356 e. The van der Waals surface area contributed by atoms with Crippen LogP contribution in [0.3, 0.4) is 0 Å². The first-order valence-corrected chi connectivity index (χ1v) is 9.15. The first-order valence-electron chi connectivity index (χ1n) is 9.15. The molecule has 2 N–H and O–H groups in total. The minimum atomic E-state index is 0. The third-order valence-electron chi connectivity index (χ3n) is 5.15. The van der Waals surface area contributed by atoms with E-state index in [9.17, 15) is 9.59 Å². The predicted octanol–water partition coefficient (Wildman–Crippen LogP) is 0.714. The Hall–Kier alpha value is -0.850. The molecule has 2 amide bonds. The molecule has 0 aromatic heterocycles. The number of carbonyl (C=O) groups is 2. The number of nitrogens with one attached hydrogen (secondary N) is 2. The summed E-state index contributed by atoms with van der Waals surface area (Å²) in [5.41, 5.74) is 0. The summed E-state index contributed by atoms with van der Waals surface area (Å²) in [7, 11) is 0. The van der Waals surface area contributed by atoms with Gasteiger partial charge in [0.05, 0.1) is 5.92 Å². The van der Waals surface area contributed by atoms with E-state index in [2.05, 4.69) is 29.4 Å². The highest BCUT2D eigenvalue weighted by Gasteiger charge is 2.33. The van der Waals surface area contributed by atoms with E-state index in [0.717, 1.165) is 71.6 Å². The molecule has 0 radical (unpaired) electrons. The van der Waals surface area contributed by atoms with E-state index in [0.29, 0.717) is 0 Å². The summed E-state index contributed by atoms with van der Waals surface area (Å²) < 4.78 is 0. The lowest BCUT2D eigenvalue weighted by molar-refractivity contribution is -0.140. The Labute approximate surface area is 152 Å². The number of hydrogen-bond donors (Lipinski definition) is 2. The number of hydrogen-bond acceptors (Lipinski definition) is 4. The zero-order valence-electron chi connectivity index (χ0n) is 15.1. The number of halogens is 1. The Kier molecular flexibility index (Phi) is 9.63. The van der Waals surface area contributed by atoms with Crippen LogP contribution in [0.15, 0.2) is 0 Å². The van der Waals surface area contributed by atoms with Gasteiger partial charge in [-0.05, 0) is 38.9 Å². The molecular formula is C17H33ClN4O2. The van der Waals surface area contributed by atoms with Gasteiger partial charge in [-0.15, -0.1) is 12.4 Å². The molecule has 140 valence electrons. The predicted molar refractivity (Wildman–Crippen MR) is 98.3 cm³/mol. The van der Waals surface area contributed by atoms with Gasteiger partial charge in [0.2, 0.25) is 11.8 Å². The Bertz CT molecular complexity index is 392. The lowest BCUT2D eigenvalue weighted by atomic mass is 9.93. The van der Waals surface area contributed by atoms with Crippen LogP contribution in [0.25, 0.3) is 0 Å². The average Bonchev–Trinajstić information content (AvgIpc) is 2.53. The van der Waals surface area contributed by atoms with E-state index in [1.54, 1.807) is 0 Å². The van der Waals surface area contributed by atoms with Gasteiger partial charge in [-0.25, -0.2) is 0 Å². The van der Waals surface area contributed by atoms with Gasteiger partial charge in [-0.1, -0.05) is 13.8 Å². The van der Waals surface area contributed by atoms with Gasteiger partial charge in [0.25, 0.3) is 0 Å². The smallest absolute Gasteiger partial charge is 0.228 e. The Balaban J connectivity index is 0.00000288. The highest BCUT2D eigenvalue weighted by Crippen LogP contribution is 2.20. The summed E-state index contributed by atoms with van der Waals surface area (Å²) in [4.78, 5) is 28.7. The molecule has 2 aliphatic heterocycles. The lowest BCUT2D eigenvalue weighted by Crippen LogP contribution is -2.54. The van der Waals surface area contributed by atoms with Crippen LogP contribution in [0, 0.1) is 11.8 Å². The molecule has 0 unspecified atom stereocenters. The van der Waals surface area contributed by atoms with Crippen molar-refractivity contribution in [3.05, 3.63) is 0 Å². The Morgan fingerprint density at radius 2 is 1.75 bits per heavy atom. The lowest BCUT2D eigenvalue weighted by Gasteiger charge is -2.36. The molecule has 0 saturated carbocycles. The molecular weight excluding hydrogens is 328 g/mol. The molecule has 2 aliphatic rings. The summed E-state index contributed by atoms with van der Waals surface area (Å²) in [6.45, 7) is 11.3. The Morgan fingerprint density at radius 1 is 1.12 bits per heavy atom. The highest BCUT2D eigenvalue weighted by atomic mass is 35.5. The number of likely N-dealkylation sites (tertiary alicyclic amines) is 1. The van der Waals surface area contributed by atoms with Crippen LogP contribution >= 0.6 is 12.4 Å². The van der Waals surface area contributed by atoms with Gasteiger partial charge in [0.15, 0.2) is 0 Å². The van der Waals surface area contributed by atoms with Crippen molar-refractivity contribution in [2.75, 3.05) is 52.4 Å². The second kappa shape index (κ2) is 10.9. The van der Waals surface area contributed by atoms with E-state index in [-0.39, 0.29) is 36.1 Å². The van der Waals surface area contributed by atoms with Gasteiger partial charge in [0.1, 0.15) is 0 Å². The van der Waals surface area contributed by atoms with Crippen molar-refractivity contribution < 1.29 is 9.59 Å². The number of rotatable bonds is 8. The van der Waals surface area contributed by atoms with Crippen molar-refractivity contribution in [3.8, 4) is 0 Å². The van der Waals surface area contributed by atoms with E-state index < -0.39 is 0 Å². The number of carbonyl (C=O) groups excluding carboxylic acids is 2. The average molecular weight is 361 g/mol. The van der Waals surface area contributed by atoms with Crippen LogP contribution in [0.1, 0.15) is 33.1 Å². The Morgan fingerprint density at radius 3 is 2.25 bits per heavy atom. The summed E-state index contributed by atoms with van der Waals surface area (Å²) >= 11 is 0. The topological polar surface area (TPSA) is 64.7 Å². The van der Waals surface area contributed by atoms with E-state index in [1.165, 1.54) is 0 Å². The van der Waals surface area contributed by atoms with Gasteiger partial charge in [-0.2, -0.15) is 0 Å². The van der Waals surface area contributed by atoms with Gasteiger partial charge in [-0.3, -0.25) is 9.59 Å². The maximum absolute atomic E-state index is 12.2. The molecule has 2 fully saturated rings. The summed E-state index contributed by atoms with van der Waals surface area (Å²) in [5, 5.41) is 6.20. The SMILES string of the molecule is CCN(CC)CCCNC(=O)C1CCN(C(=O)C2CNC2)CC1.Cl. The summed E-state index contributed by atoms with van der Waals surface area (Å²) in [6.07, 6.45) is 2.60. The molecule has 2 heterocycles. The number of amides is 2. The van der Waals surface area contributed by atoms with Gasteiger partial charge >= 0.3 is 0 Å². The fraction of sp³-hybridized carbons (Fsp3) is 0.882. The van der Waals surface area contributed by atoms with Crippen molar-refractivity contribution in [2.45, 2.75) is 33.1 Å². The zero-order valence-corrected chi connectivity index (χ0v) is 15.9. The molecule has 0 bridgehead atoms. The summed E-state index contributed by atoms with van der Waals surface area (Å²) in [5.74, 6) is 0.677. The molecule has 2 rings (SSSR count). The molecule has 0 spiro atoms. The second-order valence-corrected chi connectivity index (χ2v) is 6.63. The van der Waals surface area contributed by atoms with Crippen LogP contribution in [0.2, 0.25) is 0 Å². The molecule has 0 aliphatic carbocycles. The minimum absolute atomic E-state index is 0. The second-order valence-electron chi connectivity index (χ2n) is 6.63. The first kappa shape index (κ1) is 21.2. The maximum atomic E-state index is 12.2. The van der Waals surface area contributed by atoms with Crippen LogP contribution in [0.5, 0.6) is 0 Å².